The lowest BCUT2D eigenvalue weighted by molar-refractivity contribution is 0.0725. The fraction of sp³-hybridized carbons (Fsp3) is 0.300. The quantitative estimate of drug-likeness (QED) is 0.801. The molecule has 138 valence electrons. The van der Waals surface area contributed by atoms with Crippen LogP contribution >= 0.6 is 12.4 Å². The van der Waals surface area contributed by atoms with Gasteiger partial charge in [0.1, 0.15) is 0 Å². The first kappa shape index (κ1) is 19.8. The Hall–Kier alpha value is -2.53. The molecule has 0 radical (unpaired) electrons. The maximum atomic E-state index is 12.8. The lowest BCUT2D eigenvalue weighted by atomic mass is 10.1. The van der Waals surface area contributed by atoms with Crippen LogP contribution < -0.4 is 11.1 Å². The molecule has 1 aliphatic rings. The SMILES string of the molecule is Cc1ccc(N)cc1C(=O)Nc1ccccc1C(=O)N1CCCCC1.Cl. The molecule has 1 saturated heterocycles. The third-order valence-corrected chi connectivity index (χ3v) is 4.56. The summed E-state index contributed by atoms with van der Waals surface area (Å²) in [6.45, 7) is 3.41. The number of nitrogens with zero attached hydrogens (tertiary/aromatic N) is 1. The van der Waals surface area contributed by atoms with Crippen molar-refractivity contribution in [2.24, 2.45) is 0 Å². The average molecular weight is 374 g/mol. The molecule has 2 aromatic rings. The first-order valence-corrected chi connectivity index (χ1v) is 8.62. The van der Waals surface area contributed by atoms with Crippen LogP contribution in [0.15, 0.2) is 42.5 Å². The van der Waals surface area contributed by atoms with Gasteiger partial charge in [-0.25, -0.2) is 0 Å². The summed E-state index contributed by atoms with van der Waals surface area (Å²) in [5.74, 6) is -0.288. The summed E-state index contributed by atoms with van der Waals surface area (Å²) >= 11 is 0. The van der Waals surface area contributed by atoms with Gasteiger partial charge in [0.25, 0.3) is 11.8 Å². The second-order valence-electron chi connectivity index (χ2n) is 6.43. The summed E-state index contributed by atoms with van der Waals surface area (Å²) in [5.41, 5.74) is 8.74. The van der Waals surface area contributed by atoms with Gasteiger partial charge in [0.15, 0.2) is 0 Å². The maximum Gasteiger partial charge on any atom is 0.256 e. The highest BCUT2D eigenvalue weighted by Gasteiger charge is 2.21. The summed E-state index contributed by atoms with van der Waals surface area (Å²) in [4.78, 5) is 27.3. The van der Waals surface area contributed by atoms with E-state index >= 15 is 0 Å². The third-order valence-electron chi connectivity index (χ3n) is 4.56. The summed E-state index contributed by atoms with van der Waals surface area (Å²) in [6.07, 6.45) is 3.22. The molecule has 3 N–H and O–H groups in total. The van der Waals surface area contributed by atoms with Crippen molar-refractivity contribution in [3.8, 4) is 0 Å². The molecule has 6 heteroatoms. The molecule has 2 aromatic carbocycles. The number of carbonyl (C=O) groups is 2. The van der Waals surface area contributed by atoms with Crippen LogP contribution in [0.4, 0.5) is 11.4 Å². The topological polar surface area (TPSA) is 75.4 Å². The van der Waals surface area contributed by atoms with Crippen molar-refractivity contribution in [2.75, 3.05) is 24.1 Å². The summed E-state index contributed by atoms with van der Waals surface area (Å²) in [7, 11) is 0. The molecule has 1 fully saturated rings. The molecular formula is C20H24ClN3O2. The Morgan fingerprint density at radius 1 is 1.00 bits per heavy atom. The van der Waals surface area contributed by atoms with Gasteiger partial charge in [0, 0.05) is 24.3 Å². The predicted molar refractivity (Wildman–Crippen MR) is 107 cm³/mol. The lowest BCUT2D eigenvalue weighted by Gasteiger charge is -2.27. The standard InChI is InChI=1S/C20H23N3O2.ClH/c1-14-9-10-15(21)13-17(14)19(24)22-18-8-4-3-7-16(18)20(25)23-11-5-2-6-12-23;/h3-4,7-10,13H,2,5-6,11-12,21H2,1H3,(H,22,24);1H. The molecular weight excluding hydrogens is 350 g/mol. The van der Waals surface area contributed by atoms with Gasteiger partial charge >= 0.3 is 0 Å². The highest BCUT2D eigenvalue weighted by Crippen LogP contribution is 2.22. The van der Waals surface area contributed by atoms with Crippen molar-refractivity contribution < 1.29 is 9.59 Å². The van der Waals surface area contributed by atoms with E-state index in [-0.39, 0.29) is 24.2 Å². The number of nitrogen functional groups attached to an aromatic ring is 1. The number of rotatable bonds is 3. The van der Waals surface area contributed by atoms with Gasteiger partial charge in [0.2, 0.25) is 0 Å². The van der Waals surface area contributed by atoms with Gasteiger partial charge in [0.05, 0.1) is 11.3 Å². The van der Waals surface area contributed by atoms with E-state index in [1.54, 1.807) is 24.3 Å². The third kappa shape index (κ3) is 4.35. The smallest absolute Gasteiger partial charge is 0.256 e. The van der Waals surface area contributed by atoms with Crippen LogP contribution in [0.3, 0.4) is 0 Å². The molecule has 1 aliphatic heterocycles. The van der Waals surface area contributed by atoms with Gasteiger partial charge in [-0.05, 0) is 56.0 Å². The first-order valence-electron chi connectivity index (χ1n) is 8.62. The molecule has 3 rings (SSSR count). The van der Waals surface area contributed by atoms with E-state index in [0.717, 1.165) is 37.9 Å². The minimum atomic E-state index is -0.260. The number of halogens is 1. The van der Waals surface area contributed by atoms with Crippen molar-refractivity contribution in [3.63, 3.8) is 0 Å². The number of para-hydroxylation sites is 1. The fourth-order valence-electron chi connectivity index (χ4n) is 3.12. The van der Waals surface area contributed by atoms with E-state index in [0.29, 0.717) is 22.5 Å². The van der Waals surface area contributed by atoms with Crippen molar-refractivity contribution in [2.45, 2.75) is 26.2 Å². The van der Waals surface area contributed by atoms with Crippen molar-refractivity contribution in [3.05, 3.63) is 59.2 Å². The number of nitrogens with one attached hydrogen (secondary N) is 1. The minimum Gasteiger partial charge on any atom is -0.399 e. The number of benzene rings is 2. The number of amides is 2. The molecule has 1 heterocycles. The van der Waals surface area contributed by atoms with E-state index in [4.69, 9.17) is 5.73 Å². The second kappa shape index (κ2) is 8.72. The Balaban J connectivity index is 0.00000243. The first-order chi connectivity index (χ1) is 12.1. The molecule has 2 amide bonds. The van der Waals surface area contributed by atoms with Crippen molar-refractivity contribution in [1.82, 2.24) is 4.90 Å². The highest BCUT2D eigenvalue weighted by molar-refractivity contribution is 6.09. The van der Waals surface area contributed by atoms with Crippen LogP contribution in [0, 0.1) is 6.92 Å². The highest BCUT2D eigenvalue weighted by atomic mass is 35.5. The normalized spacial score (nSPS) is 13.7. The van der Waals surface area contributed by atoms with Gasteiger partial charge in [-0.2, -0.15) is 0 Å². The van der Waals surface area contributed by atoms with E-state index in [9.17, 15) is 9.59 Å². The van der Waals surface area contributed by atoms with Gasteiger partial charge in [-0.1, -0.05) is 18.2 Å². The Kier molecular flexibility index (Phi) is 6.64. The zero-order valence-corrected chi connectivity index (χ0v) is 15.6. The molecule has 0 aromatic heterocycles. The zero-order valence-electron chi connectivity index (χ0n) is 14.8. The number of likely N-dealkylation sites (tertiary alicyclic amines) is 1. The predicted octanol–water partition coefficient (Wildman–Crippen LogP) is 3.88. The number of aryl methyl sites for hydroxylation is 1. The van der Waals surface area contributed by atoms with Crippen molar-refractivity contribution in [1.29, 1.82) is 0 Å². The number of anilines is 2. The number of nitrogens with two attached hydrogens (primary N) is 1. The number of hydrogen-bond donors (Lipinski definition) is 2. The van der Waals surface area contributed by atoms with E-state index in [1.165, 1.54) is 0 Å². The van der Waals surface area contributed by atoms with Gasteiger partial charge < -0.3 is 16.0 Å². The van der Waals surface area contributed by atoms with E-state index in [2.05, 4.69) is 5.32 Å². The Morgan fingerprint density at radius 2 is 1.69 bits per heavy atom. The Labute approximate surface area is 160 Å². The Bertz CT molecular complexity index is 801. The van der Waals surface area contributed by atoms with Crippen LogP contribution in [0.2, 0.25) is 0 Å². The molecule has 26 heavy (non-hydrogen) atoms. The van der Waals surface area contributed by atoms with Crippen LogP contribution in [-0.4, -0.2) is 29.8 Å². The van der Waals surface area contributed by atoms with Gasteiger partial charge in [-0.3, -0.25) is 9.59 Å². The molecule has 0 spiro atoms. The Morgan fingerprint density at radius 3 is 2.42 bits per heavy atom. The summed E-state index contributed by atoms with van der Waals surface area (Å²) in [6, 6.07) is 12.4. The summed E-state index contributed by atoms with van der Waals surface area (Å²) < 4.78 is 0. The molecule has 0 aliphatic carbocycles. The maximum absolute atomic E-state index is 12.8. The zero-order chi connectivity index (χ0) is 17.8. The van der Waals surface area contributed by atoms with Crippen LogP contribution in [0.25, 0.3) is 0 Å². The van der Waals surface area contributed by atoms with Crippen LogP contribution in [-0.2, 0) is 0 Å². The molecule has 0 saturated carbocycles. The molecule has 0 bridgehead atoms. The number of carbonyl (C=O) groups excluding carboxylic acids is 2. The largest absolute Gasteiger partial charge is 0.399 e. The molecule has 5 nitrogen and oxygen atoms in total. The number of hydrogen-bond acceptors (Lipinski definition) is 3. The second-order valence-corrected chi connectivity index (χ2v) is 6.43. The monoisotopic (exact) mass is 373 g/mol. The van der Waals surface area contributed by atoms with Crippen LogP contribution in [0.1, 0.15) is 45.5 Å². The minimum absolute atomic E-state index is 0. The summed E-state index contributed by atoms with van der Waals surface area (Å²) in [5, 5.41) is 2.87. The fourth-order valence-corrected chi connectivity index (χ4v) is 3.12. The van der Waals surface area contributed by atoms with Crippen molar-refractivity contribution >= 4 is 35.6 Å². The van der Waals surface area contributed by atoms with Gasteiger partial charge in [-0.15, -0.1) is 12.4 Å². The van der Waals surface area contributed by atoms with E-state index in [1.807, 2.05) is 30.0 Å². The average Bonchev–Trinajstić information content (AvgIpc) is 2.64. The van der Waals surface area contributed by atoms with E-state index < -0.39 is 0 Å². The molecule has 0 atom stereocenters. The number of piperidine rings is 1. The molecule has 0 unspecified atom stereocenters. The van der Waals surface area contributed by atoms with Crippen LogP contribution in [0.5, 0.6) is 0 Å². The lowest BCUT2D eigenvalue weighted by Crippen LogP contribution is -2.36.